The predicted octanol–water partition coefficient (Wildman–Crippen LogP) is 4.31. The molecule has 2 fully saturated rings. The molecule has 11 heteroatoms. The number of anilines is 1. The average molecular weight is 536 g/mol. The van der Waals surface area contributed by atoms with Crippen LogP contribution in [-0.2, 0) is 4.74 Å². The van der Waals surface area contributed by atoms with Crippen molar-refractivity contribution in [3.63, 3.8) is 0 Å². The summed E-state index contributed by atoms with van der Waals surface area (Å²) in [5, 5.41) is 5.70. The highest BCUT2D eigenvalue weighted by Crippen LogP contribution is 2.43. The SMILES string of the molecule is Cc1cn2nc(-c3cc(=O)n4cc(N5CCC6(CCN(C(=O)OC(C)(C)C)CC6)C5)sc4n3)cc(C)c2n1. The molecule has 2 saturated heterocycles. The highest BCUT2D eigenvalue weighted by molar-refractivity contribution is 7.20. The second-order valence-electron chi connectivity index (χ2n) is 11.7. The first-order chi connectivity index (χ1) is 18.0. The number of aryl methyl sites for hydroxylation is 2. The lowest BCUT2D eigenvalue weighted by atomic mass is 9.78. The zero-order chi connectivity index (χ0) is 26.8. The van der Waals surface area contributed by atoms with Crippen LogP contribution in [0.2, 0.25) is 0 Å². The minimum atomic E-state index is -0.482. The van der Waals surface area contributed by atoms with Gasteiger partial charge >= 0.3 is 6.09 Å². The maximum atomic E-state index is 13.1. The Balaban J connectivity index is 1.21. The zero-order valence-electron chi connectivity index (χ0n) is 22.5. The first-order valence-corrected chi connectivity index (χ1v) is 13.9. The van der Waals surface area contributed by atoms with Gasteiger partial charge in [0.1, 0.15) is 16.3 Å². The third kappa shape index (κ3) is 4.53. The number of likely N-dealkylation sites (tertiary alicyclic amines) is 1. The summed E-state index contributed by atoms with van der Waals surface area (Å²) in [4.78, 5) is 39.7. The monoisotopic (exact) mass is 535 g/mol. The summed E-state index contributed by atoms with van der Waals surface area (Å²) in [6.07, 6.45) is 6.55. The maximum Gasteiger partial charge on any atom is 0.410 e. The van der Waals surface area contributed by atoms with Crippen molar-refractivity contribution in [2.45, 2.75) is 59.5 Å². The topological polar surface area (TPSA) is 97.3 Å². The van der Waals surface area contributed by atoms with Crippen LogP contribution < -0.4 is 10.5 Å². The molecule has 0 aromatic carbocycles. The molecule has 0 aliphatic carbocycles. The Morgan fingerprint density at radius 1 is 1.03 bits per heavy atom. The van der Waals surface area contributed by atoms with Crippen molar-refractivity contribution in [1.82, 2.24) is 28.9 Å². The Morgan fingerprint density at radius 3 is 2.50 bits per heavy atom. The molecule has 4 aromatic rings. The molecule has 1 amide bonds. The van der Waals surface area contributed by atoms with E-state index < -0.39 is 5.60 Å². The van der Waals surface area contributed by atoms with Crippen molar-refractivity contribution in [3.05, 3.63) is 46.1 Å². The van der Waals surface area contributed by atoms with E-state index in [2.05, 4.69) is 15.0 Å². The van der Waals surface area contributed by atoms with Gasteiger partial charge in [-0.1, -0.05) is 11.3 Å². The van der Waals surface area contributed by atoms with E-state index in [0.717, 1.165) is 54.3 Å². The van der Waals surface area contributed by atoms with Gasteiger partial charge in [-0.3, -0.25) is 9.20 Å². The van der Waals surface area contributed by atoms with E-state index in [4.69, 9.17) is 9.72 Å². The van der Waals surface area contributed by atoms with Crippen LogP contribution in [0.4, 0.5) is 9.80 Å². The van der Waals surface area contributed by atoms with Crippen LogP contribution in [0.3, 0.4) is 0 Å². The lowest BCUT2D eigenvalue weighted by Crippen LogP contribution is -2.46. The second-order valence-corrected chi connectivity index (χ2v) is 12.7. The van der Waals surface area contributed by atoms with Gasteiger partial charge in [-0.05, 0) is 70.9 Å². The number of amides is 1. The van der Waals surface area contributed by atoms with E-state index in [1.54, 1.807) is 15.0 Å². The van der Waals surface area contributed by atoms with Crippen LogP contribution in [0.15, 0.2) is 29.3 Å². The molecule has 1 spiro atoms. The van der Waals surface area contributed by atoms with Crippen molar-refractivity contribution in [3.8, 4) is 11.4 Å². The van der Waals surface area contributed by atoms with Gasteiger partial charge in [0.25, 0.3) is 5.56 Å². The first-order valence-electron chi connectivity index (χ1n) is 13.1. The fourth-order valence-electron chi connectivity index (χ4n) is 5.56. The molecule has 0 unspecified atom stereocenters. The number of carbonyl (C=O) groups excluding carboxylic acids is 1. The molecule has 0 bridgehead atoms. The van der Waals surface area contributed by atoms with E-state index in [1.807, 2.05) is 58.0 Å². The number of thiazole rings is 1. The van der Waals surface area contributed by atoms with E-state index in [-0.39, 0.29) is 17.1 Å². The highest BCUT2D eigenvalue weighted by atomic mass is 32.1. The Labute approximate surface area is 224 Å². The van der Waals surface area contributed by atoms with Gasteiger partial charge in [-0.25, -0.2) is 19.3 Å². The Bertz CT molecular complexity index is 1600. The molecular formula is C27H33N7O3S. The number of fused-ring (bicyclic) bond motifs is 2. The lowest BCUT2D eigenvalue weighted by molar-refractivity contribution is 0.0122. The highest BCUT2D eigenvalue weighted by Gasteiger charge is 2.42. The van der Waals surface area contributed by atoms with Crippen LogP contribution in [0, 0.1) is 19.3 Å². The molecule has 0 radical (unpaired) electrons. The number of carbonyl (C=O) groups is 1. The Hall–Kier alpha value is -3.47. The average Bonchev–Trinajstić information content (AvgIpc) is 3.55. The van der Waals surface area contributed by atoms with Gasteiger partial charge in [0.2, 0.25) is 0 Å². The number of piperidine rings is 1. The van der Waals surface area contributed by atoms with Crippen molar-refractivity contribution >= 4 is 33.0 Å². The molecule has 0 atom stereocenters. The maximum absolute atomic E-state index is 13.1. The van der Waals surface area contributed by atoms with Crippen LogP contribution in [-0.4, -0.2) is 66.8 Å². The standard InChI is InChI=1S/C27H33N7O3S/c1-17-12-20(30-34-14-18(2)28-23(17)34)19-13-21(35)33-15-22(38-24(33)29-19)32-11-8-27(16-32)6-9-31(10-7-27)25(36)37-26(3,4)5/h12-15H,6-11,16H2,1-5H3. The smallest absolute Gasteiger partial charge is 0.410 e. The summed E-state index contributed by atoms with van der Waals surface area (Å²) in [5.41, 5.74) is 3.48. The zero-order valence-corrected chi connectivity index (χ0v) is 23.3. The van der Waals surface area contributed by atoms with E-state index in [9.17, 15) is 9.59 Å². The summed E-state index contributed by atoms with van der Waals surface area (Å²) < 4.78 is 8.95. The Kier molecular flexibility index (Phi) is 5.75. The van der Waals surface area contributed by atoms with E-state index in [0.29, 0.717) is 29.4 Å². The number of aromatic nitrogens is 5. The summed E-state index contributed by atoms with van der Waals surface area (Å²) in [6, 6.07) is 3.49. The third-order valence-electron chi connectivity index (χ3n) is 7.57. The number of hydrogen-bond donors (Lipinski definition) is 0. The molecule has 6 rings (SSSR count). The molecule has 4 aromatic heterocycles. The molecule has 2 aliphatic rings. The van der Waals surface area contributed by atoms with Crippen LogP contribution >= 0.6 is 11.3 Å². The summed E-state index contributed by atoms with van der Waals surface area (Å²) >= 11 is 1.53. The van der Waals surface area contributed by atoms with Crippen LogP contribution in [0.5, 0.6) is 0 Å². The lowest BCUT2D eigenvalue weighted by Gasteiger charge is -2.39. The summed E-state index contributed by atoms with van der Waals surface area (Å²) in [5.74, 6) is 0. The van der Waals surface area contributed by atoms with Crippen molar-refractivity contribution < 1.29 is 9.53 Å². The normalized spacial score (nSPS) is 17.7. The molecule has 6 heterocycles. The minimum Gasteiger partial charge on any atom is -0.444 e. The quantitative estimate of drug-likeness (QED) is 0.377. The van der Waals surface area contributed by atoms with Crippen molar-refractivity contribution in [2.24, 2.45) is 5.41 Å². The number of imidazole rings is 1. The largest absolute Gasteiger partial charge is 0.444 e. The van der Waals surface area contributed by atoms with E-state index in [1.165, 1.54) is 11.3 Å². The Morgan fingerprint density at radius 2 is 1.76 bits per heavy atom. The second kappa shape index (κ2) is 8.79. The molecule has 2 aliphatic heterocycles. The number of hydrogen-bond acceptors (Lipinski definition) is 8. The minimum absolute atomic E-state index is 0.117. The van der Waals surface area contributed by atoms with Gasteiger partial charge in [0.05, 0.1) is 17.6 Å². The van der Waals surface area contributed by atoms with Gasteiger partial charge < -0.3 is 14.5 Å². The molecule has 0 N–H and O–H groups in total. The van der Waals surface area contributed by atoms with Crippen molar-refractivity contribution in [1.29, 1.82) is 0 Å². The summed E-state index contributed by atoms with van der Waals surface area (Å²) in [6.45, 7) is 12.9. The number of nitrogens with zero attached hydrogens (tertiary/aromatic N) is 7. The van der Waals surface area contributed by atoms with Crippen molar-refractivity contribution in [2.75, 3.05) is 31.1 Å². The van der Waals surface area contributed by atoms with E-state index >= 15 is 0 Å². The predicted molar refractivity (Wildman–Crippen MR) is 147 cm³/mol. The summed E-state index contributed by atoms with van der Waals surface area (Å²) in [7, 11) is 0. The number of ether oxygens (including phenoxy) is 1. The van der Waals surface area contributed by atoms with Gasteiger partial charge in [-0.15, -0.1) is 0 Å². The van der Waals surface area contributed by atoms with Crippen LogP contribution in [0.1, 0.15) is 51.3 Å². The third-order valence-corrected chi connectivity index (χ3v) is 8.62. The molecule has 0 saturated carbocycles. The molecule has 10 nitrogen and oxygen atoms in total. The first kappa shape index (κ1) is 24.8. The molecule has 200 valence electrons. The molecule has 38 heavy (non-hydrogen) atoms. The van der Waals surface area contributed by atoms with Gasteiger partial charge in [0, 0.05) is 38.4 Å². The number of rotatable bonds is 2. The fraction of sp³-hybridized carbons (Fsp3) is 0.519. The van der Waals surface area contributed by atoms with Gasteiger partial charge in [-0.2, -0.15) is 5.10 Å². The fourth-order valence-corrected chi connectivity index (χ4v) is 6.58. The molecular weight excluding hydrogens is 502 g/mol. The van der Waals surface area contributed by atoms with Crippen LogP contribution in [0.25, 0.3) is 22.0 Å². The van der Waals surface area contributed by atoms with Gasteiger partial charge in [0.15, 0.2) is 10.6 Å².